The fourth-order valence-electron chi connectivity index (χ4n) is 1.52. The van der Waals surface area contributed by atoms with Crippen LogP contribution in [0.25, 0.3) is 0 Å². The molecule has 0 amide bonds. The third kappa shape index (κ3) is 3.36. The summed E-state index contributed by atoms with van der Waals surface area (Å²) < 4.78 is 34.0. The number of sulfonamides is 1. The Morgan fingerprint density at radius 1 is 1.33 bits per heavy atom. The minimum absolute atomic E-state index is 0.0208. The van der Waals surface area contributed by atoms with Gasteiger partial charge in [-0.3, -0.25) is 0 Å². The Labute approximate surface area is 107 Å². The molecular formula is C12H17NO4S. The van der Waals surface area contributed by atoms with E-state index in [9.17, 15) is 8.42 Å². The van der Waals surface area contributed by atoms with E-state index in [-0.39, 0.29) is 17.1 Å². The zero-order chi connectivity index (χ0) is 13.3. The average Bonchev–Trinajstić information content (AvgIpc) is 3.02. The molecule has 0 saturated heterocycles. The molecule has 0 aliphatic heterocycles. The molecule has 0 radical (unpaired) electrons. The molecule has 1 saturated carbocycles. The van der Waals surface area contributed by atoms with Crippen molar-refractivity contribution in [2.45, 2.75) is 43.8 Å². The molecule has 18 heavy (non-hydrogen) atoms. The van der Waals surface area contributed by atoms with Crippen molar-refractivity contribution in [3.63, 3.8) is 0 Å². The van der Waals surface area contributed by atoms with E-state index < -0.39 is 10.0 Å². The molecule has 1 aliphatic rings. The molecule has 2 rings (SSSR count). The molecule has 0 atom stereocenters. The van der Waals surface area contributed by atoms with E-state index in [0.29, 0.717) is 11.5 Å². The van der Waals surface area contributed by atoms with Gasteiger partial charge >= 0.3 is 0 Å². The van der Waals surface area contributed by atoms with Crippen LogP contribution in [0.3, 0.4) is 0 Å². The summed E-state index contributed by atoms with van der Waals surface area (Å²) in [5, 5.41) is 5.19. The van der Waals surface area contributed by atoms with E-state index in [1.54, 1.807) is 12.1 Å². The van der Waals surface area contributed by atoms with Crippen molar-refractivity contribution in [3.8, 4) is 11.5 Å². The summed E-state index contributed by atoms with van der Waals surface area (Å²) in [4.78, 5) is -0.0208. The second kappa shape index (κ2) is 4.78. The van der Waals surface area contributed by atoms with Crippen LogP contribution in [-0.2, 0) is 10.0 Å². The number of ether oxygens (including phenoxy) is 2. The van der Waals surface area contributed by atoms with Crippen molar-refractivity contribution in [3.05, 3.63) is 18.2 Å². The lowest BCUT2D eigenvalue weighted by molar-refractivity contribution is 0.240. The number of rotatable bonds is 5. The van der Waals surface area contributed by atoms with Crippen molar-refractivity contribution < 1.29 is 17.9 Å². The number of benzene rings is 1. The highest BCUT2D eigenvalue weighted by Gasteiger charge is 2.26. The lowest BCUT2D eigenvalue weighted by Gasteiger charge is -2.13. The Morgan fingerprint density at radius 3 is 2.50 bits per heavy atom. The number of hydrogen-bond donors (Lipinski definition) is 1. The molecule has 1 aliphatic carbocycles. The zero-order valence-corrected chi connectivity index (χ0v) is 11.2. The van der Waals surface area contributed by atoms with Crippen LogP contribution in [0.15, 0.2) is 23.1 Å². The normalized spacial score (nSPS) is 15.8. The Hall–Kier alpha value is -1.27. The molecule has 0 spiro atoms. The Bertz CT molecular complexity index is 535. The molecular weight excluding hydrogens is 254 g/mol. The van der Waals surface area contributed by atoms with E-state index in [4.69, 9.17) is 14.6 Å². The van der Waals surface area contributed by atoms with Gasteiger partial charge in [-0.25, -0.2) is 13.6 Å². The minimum Gasteiger partial charge on any atom is -0.491 e. The highest BCUT2D eigenvalue weighted by molar-refractivity contribution is 7.89. The molecule has 1 fully saturated rings. The van der Waals surface area contributed by atoms with Gasteiger partial charge in [0.25, 0.3) is 0 Å². The van der Waals surface area contributed by atoms with Gasteiger partial charge in [-0.2, -0.15) is 0 Å². The second-order valence-electron chi connectivity index (χ2n) is 4.64. The largest absolute Gasteiger partial charge is 0.491 e. The van der Waals surface area contributed by atoms with Gasteiger partial charge < -0.3 is 9.47 Å². The van der Waals surface area contributed by atoms with Crippen molar-refractivity contribution in [1.29, 1.82) is 0 Å². The lowest BCUT2D eigenvalue weighted by atomic mass is 10.3. The van der Waals surface area contributed by atoms with E-state index in [1.807, 2.05) is 13.8 Å². The first-order valence-corrected chi connectivity index (χ1v) is 7.41. The zero-order valence-electron chi connectivity index (χ0n) is 10.4. The summed E-state index contributed by atoms with van der Waals surface area (Å²) in [6.07, 6.45) is 1.98. The molecule has 6 heteroatoms. The summed E-state index contributed by atoms with van der Waals surface area (Å²) in [7, 11) is -3.81. The van der Waals surface area contributed by atoms with Crippen LogP contribution in [0, 0.1) is 0 Å². The number of nitrogens with two attached hydrogens (primary N) is 1. The number of hydrogen-bond acceptors (Lipinski definition) is 4. The number of primary sulfonamides is 1. The smallest absolute Gasteiger partial charge is 0.241 e. The molecule has 0 unspecified atom stereocenters. The van der Waals surface area contributed by atoms with Crippen LogP contribution in [-0.4, -0.2) is 20.6 Å². The summed E-state index contributed by atoms with van der Waals surface area (Å²) in [5.41, 5.74) is 0. The van der Waals surface area contributed by atoms with Crippen LogP contribution in [0.1, 0.15) is 26.7 Å². The molecule has 5 nitrogen and oxygen atoms in total. The molecule has 0 bridgehead atoms. The van der Waals surface area contributed by atoms with Crippen LogP contribution < -0.4 is 14.6 Å². The second-order valence-corrected chi connectivity index (χ2v) is 6.17. The van der Waals surface area contributed by atoms with Gasteiger partial charge in [-0.15, -0.1) is 0 Å². The van der Waals surface area contributed by atoms with Gasteiger partial charge in [0.15, 0.2) is 0 Å². The monoisotopic (exact) mass is 271 g/mol. The third-order valence-corrected chi connectivity index (χ3v) is 3.34. The van der Waals surface area contributed by atoms with Gasteiger partial charge in [0, 0.05) is 6.07 Å². The van der Waals surface area contributed by atoms with Crippen LogP contribution in [0.4, 0.5) is 0 Å². The SMILES string of the molecule is CC(C)Oc1ccc(OC2CC2)c(S(N)(=O)=O)c1. The van der Waals surface area contributed by atoms with Crippen LogP contribution >= 0.6 is 0 Å². The highest BCUT2D eigenvalue weighted by atomic mass is 32.2. The Morgan fingerprint density at radius 2 is 2.00 bits per heavy atom. The first kappa shape index (κ1) is 13.2. The quantitative estimate of drug-likeness (QED) is 0.883. The standard InChI is InChI=1S/C12H17NO4S/c1-8(2)16-10-5-6-11(17-9-3-4-9)12(7-10)18(13,14)15/h5-9H,3-4H2,1-2H3,(H2,13,14,15). The van der Waals surface area contributed by atoms with E-state index >= 15 is 0 Å². The predicted octanol–water partition coefficient (Wildman–Crippen LogP) is 1.66. The maximum Gasteiger partial charge on any atom is 0.241 e. The average molecular weight is 271 g/mol. The Balaban J connectivity index is 2.34. The Kier molecular flexibility index (Phi) is 3.49. The van der Waals surface area contributed by atoms with Crippen molar-refractivity contribution in [1.82, 2.24) is 0 Å². The maximum atomic E-state index is 11.5. The van der Waals surface area contributed by atoms with Crippen molar-refractivity contribution in [2.75, 3.05) is 0 Å². The van der Waals surface area contributed by atoms with Crippen molar-refractivity contribution >= 4 is 10.0 Å². The first-order chi connectivity index (χ1) is 8.36. The molecule has 2 N–H and O–H groups in total. The maximum absolute atomic E-state index is 11.5. The first-order valence-electron chi connectivity index (χ1n) is 5.86. The van der Waals surface area contributed by atoms with E-state index in [2.05, 4.69) is 0 Å². The van der Waals surface area contributed by atoms with Crippen molar-refractivity contribution in [2.24, 2.45) is 5.14 Å². The fraction of sp³-hybridized carbons (Fsp3) is 0.500. The molecule has 0 aromatic heterocycles. The van der Waals surface area contributed by atoms with E-state index in [0.717, 1.165) is 12.8 Å². The molecule has 0 heterocycles. The van der Waals surface area contributed by atoms with Gasteiger partial charge in [-0.05, 0) is 38.8 Å². The fourth-order valence-corrected chi connectivity index (χ4v) is 2.20. The van der Waals surface area contributed by atoms with Gasteiger partial charge in [-0.1, -0.05) is 0 Å². The summed E-state index contributed by atoms with van der Waals surface area (Å²) in [6.45, 7) is 3.73. The molecule has 100 valence electrons. The van der Waals surface area contributed by atoms with Gasteiger partial charge in [0.2, 0.25) is 10.0 Å². The van der Waals surface area contributed by atoms with Crippen LogP contribution in [0.2, 0.25) is 0 Å². The summed E-state index contributed by atoms with van der Waals surface area (Å²) >= 11 is 0. The lowest BCUT2D eigenvalue weighted by Crippen LogP contribution is -2.15. The van der Waals surface area contributed by atoms with Gasteiger partial charge in [0.05, 0.1) is 12.2 Å². The summed E-state index contributed by atoms with van der Waals surface area (Å²) in [5.74, 6) is 0.772. The summed E-state index contributed by atoms with van der Waals surface area (Å²) in [6, 6.07) is 4.69. The minimum atomic E-state index is -3.81. The van der Waals surface area contributed by atoms with Gasteiger partial charge in [0.1, 0.15) is 16.4 Å². The third-order valence-electron chi connectivity index (χ3n) is 2.41. The topological polar surface area (TPSA) is 78.6 Å². The molecule has 1 aromatic carbocycles. The highest BCUT2D eigenvalue weighted by Crippen LogP contribution is 2.33. The predicted molar refractivity (Wildman–Crippen MR) is 67.2 cm³/mol. The van der Waals surface area contributed by atoms with E-state index in [1.165, 1.54) is 6.07 Å². The van der Waals surface area contributed by atoms with Crippen LogP contribution in [0.5, 0.6) is 11.5 Å². The molecule has 1 aromatic rings.